The van der Waals surface area contributed by atoms with Gasteiger partial charge in [0.1, 0.15) is 5.75 Å². The lowest BCUT2D eigenvalue weighted by atomic mass is 10.0. The molecule has 6 nitrogen and oxygen atoms in total. The minimum atomic E-state index is 0. The number of halogens is 1. The molecular formula is C20H36IN3O3. The lowest BCUT2D eigenvalue weighted by molar-refractivity contribution is 0.145. The summed E-state index contributed by atoms with van der Waals surface area (Å²) >= 11 is 0. The predicted octanol–water partition coefficient (Wildman–Crippen LogP) is 3.18. The zero-order chi connectivity index (χ0) is 19.0. The fourth-order valence-electron chi connectivity index (χ4n) is 2.48. The molecule has 27 heavy (non-hydrogen) atoms. The van der Waals surface area contributed by atoms with Crippen LogP contribution in [0, 0.1) is 5.92 Å². The second kappa shape index (κ2) is 17.1. The van der Waals surface area contributed by atoms with E-state index in [-0.39, 0.29) is 30.6 Å². The molecule has 0 spiro atoms. The number of nitrogens with one attached hydrogen (secondary N) is 2. The van der Waals surface area contributed by atoms with E-state index in [1.54, 1.807) is 7.11 Å². The fourth-order valence-corrected chi connectivity index (χ4v) is 2.48. The Morgan fingerprint density at radius 1 is 1.19 bits per heavy atom. The van der Waals surface area contributed by atoms with Gasteiger partial charge in [-0.05, 0) is 43.4 Å². The molecule has 1 aromatic rings. The Kier molecular flexibility index (Phi) is 16.4. The second-order valence-electron chi connectivity index (χ2n) is 6.16. The Bertz CT molecular complexity index is 498. The maximum atomic E-state index is 9.15. The first-order valence-electron chi connectivity index (χ1n) is 9.57. The highest BCUT2D eigenvalue weighted by Gasteiger charge is 2.07. The highest BCUT2D eigenvalue weighted by atomic mass is 127. The van der Waals surface area contributed by atoms with Crippen molar-refractivity contribution >= 4 is 29.9 Å². The molecule has 0 heterocycles. The molecule has 0 aliphatic rings. The molecule has 0 aliphatic carbocycles. The van der Waals surface area contributed by atoms with Crippen LogP contribution in [0.4, 0.5) is 0 Å². The third-order valence-corrected chi connectivity index (χ3v) is 4.21. The van der Waals surface area contributed by atoms with Gasteiger partial charge in [-0.3, -0.25) is 0 Å². The second-order valence-corrected chi connectivity index (χ2v) is 6.16. The van der Waals surface area contributed by atoms with E-state index in [1.165, 1.54) is 0 Å². The molecular weight excluding hydrogens is 457 g/mol. The summed E-state index contributed by atoms with van der Waals surface area (Å²) in [7, 11) is 1.66. The van der Waals surface area contributed by atoms with Crippen molar-refractivity contribution in [2.45, 2.75) is 39.7 Å². The smallest absolute Gasteiger partial charge is 0.191 e. The number of hydrogen-bond acceptors (Lipinski definition) is 4. The lowest BCUT2D eigenvalue weighted by Gasteiger charge is -2.18. The minimum absolute atomic E-state index is 0. The summed E-state index contributed by atoms with van der Waals surface area (Å²) in [6, 6.07) is 7.94. The summed E-state index contributed by atoms with van der Waals surface area (Å²) in [5.74, 6) is 2.09. The fraction of sp³-hybridized carbons (Fsp3) is 0.650. The van der Waals surface area contributed by atoms with Crippen molar-refractivity contribution < 1.29 is 14.6 Å². The maximum absolute atomic E-state index is 9.15. The van der Waals surface area contributed by atoms with Gasteiger partial charge in [0.2, 0.25) is 0 Å². The predicted molar refractivity (Wildman–Crippen MR) is 122 cm³/mol. The molecule has 3 N–H and O–H groups in total. The van der Waals surface area contributed by atoms with Crippen molar-refractivity contribution in [2.75, 3.05) is 40.0 Å². The van der Waals surface area contributed by atoms with E-state index >= 15 is 0 Å². The van der Waals surface area contributed by atoms with Crippen LogP contribution in [-0.2, 0) is 11.3 Å². The van der Waals surface area contributed by atoms with Crippen molar-refractivity contribution in [1.29, 1.82) is 0 Å². The number of ether oxygens (including phenoxy) is 2. The van der Waals surface area contributed by atoms with Crippen molar-refractivity contribution in [1.82, 2.24) is 10.6 Å². The Hall–Kier alpha value is -1.06. The number of aliphatic imine (C=N–C) groups is 1. The van der Waals surface area contributed by atoms with Crippen molar-refractivity contribution in [3.63, 3.8) is 0 Å². The SMILES string of the molecule is CCOCCCNC(=NCc1ccc(OC)cc1)NCC(CC)CCO.I. The number of guanidine groups is 1. The molecule has 156 valence electrons. The van der Waals surface area contributed by atoms with Gasteiger partial charge in [-0.1, -0.05) is 25.5 Å². The van der Waals surface area contributed by atoms with Crippen LogP contribution in [0.15, 0.2) is 29.3 Å². The Morgan fingerprint density at radius 3 is 2.52 bits per heavy atom. The first-order valence-corrected chi connectivity index (χ1v) is 9.57. The molecule has 0 fully saturated rings. The average molecular weight is 493 g/mol. The molecule has 0 saturated heterocycles. The standard InChI is InChI=1S/C20H35N3O3.HI/c1-4-17(11-13-24)15-22-20(21-12-6-14-26-5-2)23-16-18-7-9-19(25-3)10-8-18;/h7-10,17,24H,4-6,11-16H2,1-3H3,(H2,21,22,23);1H. The third-order valence-electron chi connectivity index (χ3n) is 4.21. The molecule has 1 unspecified atom stereocenters. The number of aliphatic hydroxyl groups excluding tert-OH is 1. The van der Waals surface area contributed by atoms with Crippen molar-refractivity contribution in [3.05, 3.63) is 29.8 Å². The average Bonchev–Trinajstić information content (AvgIpc) is 2.68. The largest absolute Gasteiger partial charge is 0.497 e. The van der Waals surface area contributed by atoms with Crippen LogP contribution in [0.1, 0.15) is 38.7 Å². The van der Waals surface area contributed by atoms with E-state index in [9.17, 15) is 0 Å². The quantitative estimate of drug-likeness (QED) is 0.170. The van der Waals surface area contributed by atoms with Crippen LogP contribution in [-0.4, -0.2) is 51.1 Å². The monoisotopic (exact) mass is 493 g/mol. The van der Waals surface area contributed by atoms with Gasteiger partial charge in [0.05, 0.1) is 13.7 Å². The molecule has 0 amide bonds. The topological polar surface area (TPSA) is 75.1 Å². The summed E-state index contributed by atoms with van der Waals surface area (Å²) in [5, 5.41) is 15.9. The third kappa shape index (κ3) is 12.1. The Balaban J connectivity index is 0.00000676. The van der Waals surface area contributed by atoms with E-state index in [2.05, 4.69) is 22.5 Å². The number of rotatable bonds is 13. The summed E-state index contributed by atoms with van der Waals surface area (Å²) in [4.78, 5) is 4.68. The number of nitrogens with zero attached hydrogens (tertiary/aromatic N) is 1. The Morgan fingerprint density at radius 2 is 1.93 bits per heavy atom. The summed E-state index contributed by atoms with van der Waals surface area (Å²) in [5.41, 5.74) is 1.13. The van der Waals surface area contributed by atoms with E-state index in [0.717, 1.165) is 62.8 Å². The molecule has 1 atom stereocenters. The molecule has 0 radical (unpaired) electrons. The number of aliphatic hydroxyl groups is 1. The molecule has 0 aliphatic heterocycles. The van der Waals surface area contributed by atoms with Crippen LogP contribution in [0.2, 0.25) is 0 Å². The highest BCUT2D eigenvalue weighted by molar-refractivity contribution is 14.0. The molecule has 0 aromatic heterocycles. The summed E-state index contributed by atoms with van der Waals surface area (Å²) in [6.07, 6.45) is 2.77. The highest BCUT2D eigenvalue weighted by Crippen LogP contribution is 2.12. The maximum Gasteiger partial charge on any atom is 0.191 e. The van der Waals surface area contributed by atoms with Crippen LogP contribution >= 0.6 is 24.0 Å². The number of benzene rings is 1. The zero-order valence-corrected chi connectivity index (χ0v) is 19.2. The van der Waals surface area contributed by atoms with Crippen molar-refractivity contribution in [3.8, 4) is 5.75 Å². The molecule has 1 aromatic carbocycles. The first-order chi connectivity index (χ1) is 12.7. The molecule has 1 rings (SSSR count). The van der Waals surface area contributed by atoms with Gasteiger partial charge >= 0.3 is 0 Å². The molecule has 7 heteroatoms. The van der Waals surface area contributed by atoms with E-state index < -0.39 is 0 Å². The van der Waals surface area contributed by atoms with Crippen LogP contribution < -0.4 is 15.4 Å². The van der Waals surface area contributed by atoms with Crippen LogP contribution in [0.3, 0.4) is 0 Å². The van der Waals surface area contributed by atoms with Gasteiger partial charge in [-0.15, -0.1) is 24.0 Å². The van der Waals surface area contributed by atoms with Crippen LogP contribution in [0.5, 0.6) is 5.75 Å². The number of methoxy groups -OCH3 is 1. The van der Waals surface area contributed by atoms with Crippen LogP contribution in [0.25, 0.3) is 0 Å². The first kappa shape index (κ1) is 25.9. The minimum Gasteiger partial charge on any atom is -0.497 e. The van der Waals surface area contributed by atoms with Gasteiger partial charge in [-0.2, -0.15) is 0 Å². The van der Waals surface area contributed by atoms with Gasteiger partial charge in [-0.25, -0.2) is 4.99 Å². The summed E-state index contributed by atoms with van der Waals surface area (Å²) in [6.45, 7) is 8.08. The van der Waals surface area contributed by atoms with Gasteiger partial charge < -0.3 is 25.2 Å². The molecule has 0 bridgehead atoms. The number of hydrogen-bond donors (Lipinski definition) is 3. The van der Waals surface area contributed by atoms with E-state index in [1.807, 2.05) is 31.2 Å². The zero-order valence-electron chi connectivity index (χ0n) is 16.9. The van der Waals surface area contributed by atoms with Gasteiger partial charge in [0.25, 0.3) is 0 Å². The van der Waals surface area contributed by atoms with E-state index in [0.29, 0.717) is 12.5 Å². The normalized spacial score (nSPS) is 12.2. The molecule has 0 saturated carbocycles. The lowest BCUT2D eigenvalue weighted by Crippen LogP contribution is -2.40. The van der Waals surface area contributed by atoms with Gasteiger partial charge in [0.15, 0.2) is 5.96 Å². The Labute approximate surface area is 181 Å². The summed E-state index contributed by atoms with van der Waals surface area (Å²) < 4.78 is 10.6. The van der Waals surface area contributed by atoms with Crippen molar-refractivity contribution in [2.24, 2.45) is 10.9 Å². The van der Waals surface area contributed by atoms with E-state index in [4.69, 9.17) is 14.6 Å². The van der Waals surface area contributed by atoms with Gasteiger partial charge in [0, 0.05) is 32.9 Å².